The van der Waals surface area contributed by atoms with Gasteiger partial charge in [-0.25, -0.2) is 0 Å². The summed E-state index contributed by atoms with van der Waals surface area (Å²) in [6, 6.07) is 1.91. The third kappa shape index (κ3) is 2.97. The quantitative estimate of drug-likeness (QED) is 0.726. The minimum absolute atomic E-state index is 0.246. The highest BCUT2D eigenvalue weighted by Crippen LogP contribution is 2.39. The molecule has 0 aliphatic carbocycles. The summed E-state index contributed by atoms with van der Waals surface area (Å²) in [7, 11) is 2.10. The summed E-state index contributed by atoms with van der Waals surface area (Å²) >= 11 is 4.96. The van der Waals surface area contributed by atoms with Crippen LogP contribution < -0.4 is 10.6 Å². The summed E-state index contributed by atoms with van der Waals surface area (Å²) in [5.74, 6) is 2.61. The van der Waals surface area contributed by atoms with Crippen LogP contribution in [-0.2, 0) is 13.0 Å². The maximum absolute atomic E-state index is 5.94. The molecule has 0 aromatic carbocycles. The molecule has 0 spiro atoms. The second kappa shape index (κ2) is 6.16. The number of hydrogen-bond donors (Lipinski definition) is 1. The SMILES string of the molecule is C#C[C@H](N)Cc1sc2csnc2c1N(C)Cc1ccsc1. The van der Waals surface area contributed by atoms with Crippen LogP contribution in [0.3, 0.4) is 0 Å². The Hall–Kier alpha value is -1.39. The van der Waals surface area contributed by atoms with Crippen molar-refractivity contribution < 1.29 is 0 Å². The van der Waals surface area contributed by atoms with Gasteiger partial charge >= 0.3 is 0 Å². The van der Waals surface area contributed by atoms with Crippen molar-refractivity contribution in [2.75, 3.05) is 11.9 Å². The molecule has 6 heteroatoms. The van der Waals surface area contributed by atoms with E-state index in [4.69, 9.17) is 12.2 Å². The van der Waals surface area contributed by atoms with Gasteiger partial charge in [0.1, 0.15) is 5.52 Å². The first-order chi connectivity index (χ1) is 10.2. The first-order valence-corrected chi connectivity index (χ1v) is 9.08. The summed E-state index contributed by atoms with van der Waals surface area (Å²) < 4.78 is 5.76. The number of nitrogens with zero attached hydrogens (tertiary/aromatic N) is 2. The summed E-state index contributed by atoms with van der Waals surface area (Å²) in [5.41, 5.74) is 9.49. The number of terminal acetylenes is 1. The molecule has 0 saturated heterocycles. The third-order valence-corrected chi connectivity index (χ3v) is 5.91. The highest BCUT2D eigenvalue weighted by Gasteiger charge is 2.19. The summed E-state index contributed by atoms with van der Waals surface area (Å²) in [5, 5.41) is 6.37. The van der Waals surface area contributed by atoms with Crippen LogP contribution in [0.1, 0.15) is 10.4 Å². The van der Waals surface area contributed by atoms with E-state index >= 15 is 0 Å². The van der Waals surface area contributed by atoms with Gasteiger partial charge in [0, 0.05) is 30.3 Å². The standard InChI is InChI=1S/C15H15N3S3/c1-3-11(16)6-12-15(14-13(21-12)9-20-17-14)18(2)7-10-4-5-19-8-10/h1,4-5,8-9,11H,6-7,16H2,2H3/t11-/m0/s1. The molecule has 1 atom stereocenters. The summed E-state index contributed by atoms with van der Waals surface area (Å²) in [4.78, 5) is 3.47. The molecular formula is C15H15N3S3. The molecule has 0 radical (unpaired) electrons. The van der Waals surface area contributed by atoms with Crippen molar-refractivity contribution in [3.63, 3.8) is 0 Å². The minimum Gasteiger partial charge on any atom is -0.368 e. The van der Waals surface area contributed by atoms with E-state index in [1.807, 2.05) is 0 Å². The lowest BCUT2D eigenvalue weighted by molar-refractivity contribution is 0.837. The van der Waals surface area contributed by atoms with Gasteiger partial charge in [0.05, 0.1) is 16.4 Å². The van der Waals surface area contributed by atoms with Gasteiger partial charge in [-0.15, -0.1) is 17.8 Å². The molecule has 0 saturated carbocycles. The van der Waals surface area contributed by atoms with Crippen molar-refractivity contribution in [1.82, 2.24) is 4.37 Å². The lowest BCUT2D eigenvalue weighted by Crippen LogP contribution is -2.22. The Morgan fingerprint density at radius 2 is 2.33 bits per heavy atom. The second-order valence-corrected chi connectivity index (χ2v) is 7.41. The molecule has 2 N–H and O–H groups in total. The second-order valence-electron chi connectivity index (χ2n) is 4.87. The van der Waals surface area contributed by atoms with Gasteiger partial charge in [0.25, 0.3) is 0 Å². The first kappa shape index (κ1) is 14.5. The van der Waals surface area contributed by atoms with E-state index < -0.39 is 0 Å². The number of rotatable bonds is 5. The predicted octanol–water partition coefficient (Wildman–Crippen LogP) is 3.56. The van der Waals surface area contributed by atoms with E-state index in [9.17, 15) is 0 Å². The fourth-order valence-electron chi connectivity index (χ4n) is 2.30. The number of aromatic nitrogens is 1. The van der Waals surface area contributed by atoms with E-state index in [2.05, 4.69) is 44.4 Å². The van der Waals surface area contributed by atoms with Gasteiger partial charge in [-0.2, -0.15) is 15.7 Å². The maximum Gasteiger partial charge on any atom is 0.118 e. The molecule has 3 rings (SSSR count). The fourth-order valence-corrected chi connectivity index (χ4v) is 5.01. The van der Waals surface area contributed by atoms with Crippen molar-refractivity contribution in [3.05, 3.63) is 32.6 Å². The molecule has 3 heterocycles. The van der Waals surface area contributed by atoms with Gasteiger partial charge in [0.15, 0.2) is 0 Å². The highest BCUT2D eigenvalue weighted by atomic mass is 32.1. The molecule has 0 bridgehead atoms. The summed E-state index contributed by atoms with van der Waals surface area (Å²) in [6.07, 6.45) is 6.13. The number of nitrogens with two attached hydrogens (primary N) is 1. The van der Waals surface area contributed by atoms with E-state index in [-0.39, 0.29) is 6.04 Å². The molecule has 0 amide bonds. The fraction of sp³-hybridized carbons (Fsp3) is 0.267. The van der Waals surface area contributed by atoms with Crippen molar-refractivity contribution in [2.24, 2.45) is 5.73 Å². The highest BCUT2D eigenvalue weighted by molar-refractivity contribution is 7.22. The van der Waals surface area contributed by atoms with Crippen LogP contribution >= 0.6 is 34.2 Å². The minimum atomic E-state index is -0.246. The van der Waals surface area contributed by atoms with Crippen LogP contribution in [-0.4, -0.2) is 17.5 Å². The Bertz CT molecular complexity index is 764. The molecule has 0 unspecified atom stereocenters. The van der Waals surface area contributed by atoms with Gasteiger partial charge in [-0.05, 0) is 33.9 Å². The Morgan fingerprint density at radius 3 is 3.05 bits per heavy atom. The number of anilines is 1. The molecule has 3 aromatic rings. The normalized spacial score (nSPS) is 12.4. The van der Waals surface area contributed by atoms with Crippen molar-refractivity contribution in [2.45, 2.75) is 19.0 Å². The van der Waals surface area contributed by atoms with E-state index in [1.54, 1.807) is 22.7 Å². The van der Waals surface area contributed by atoms with E-state index in [0.29, 0.717) is 6.42 Å². The molecule has 3 nitrogen and oxygen atoms in total. The zero-order valence-corrected chi connectivity index (χ0v) is 14.0. The molecule has 0 fully saturated rings. The Morgan fingerprint density at radius 1 is 1.48 bits per heavy atom. The van der Waals surface area contributed by atoms with Crippen LogP contribution in [0.2, 0.25) is 0 Å². The van der Waals surface area contributed by atoms with E-state index in [0.717, 1.165) is 12.1 Å². The van der Waals surface area contributed by atoms with Crippen molar-refractivity contribution >= 4 is 50.1 Å². The van der Waals surface area contributed by atoms with Gasteiger partial charge in [-0.1, -0.05) is 5.92 Å². The maximum atomic E-state index is 5.94. The van der Waals surface area contributed by atoms with E-state index in [1.165, 1.54) is 32.4 Å². The Labute approximate surface area is 136 Å². The zero-order chi connectivity index (χ0) is 14.8. The lowest BCUT2D eigenvalue weighted by atomic mass is 10.1. The monoisotopic (exact) mass is 333 g/mol. The Kier molecular flexibility index (Phi) is 4.27. The van der Waals surface area contributed by atoms with Crippen LogP contribution in [0.15, 0.2) is 22.2 Å². The molecular weight excluding hydrogens is 318 g/mol. The van der Waals surface area contributed by atoms with Gasteiger partial charge < -0.3 is 10.6 Å². The number of thiophene rings is 2. The van der Waals surface area contributed by atoms with Gasteiger partial charge in [-0.3, -0.25) is 0 Å². The lowest BCUT2D eigenvalue weighted by Gasteiger charge is -2.19. The van der Waals surface area contributed by atoms with Crippen molar-refractivity contribution in [1.29, 1.82) is 0 Å². The zero-order valence-electron chi connectivity index (χ0n) is 11.6. The average Bonchev–Trinajstić information content (AvgIpc) is 3.14. The molecule has 3 aromatic heterocycles. The predicted molar refractivity (Wildman–Crippen MR) is 94.4 cm³/mol. The third-order valence-electron chi connectivity index (χ3n) is 3.26. The van der Waals surface area contributed by atoms with Crippen LogP contribution in [0.4, 0.5) is 5.69 Å². The largest absolute Gasteiger partial charge is 0.368 e. The smallest absolute Gasteiger partial charge is 0.118 e. The molecule has 0 aliphatic rings. The Balaban J connectivity index is 1.96. The molecule has 0 aliphatic heterocycles. The number of hydrogen-bond acceptors (Lipinski definition) is 6. The van der Waals surface area contributed by atoms with Crippen LogP contribution in [0.5, 0.6) is 0 Å². The number of fused-ring (bicyclic) bond motifs is 1. The average molecular weight is 334 g/mol. The van der Waals surface area contributed by atoms with Crippen LogP contribution in [0.25, 0.3) is 10.2 Å². The van der Waals surface area contributed by atoms with Crippen molar-refractivity contribution in [3.8, 4) is 12.3 Å². The summed E-state index contributed by atoms with van der Waals surface area (Å²) in [6.45, 7) is 0.866. The van der Waals surface area contributed by atoms with Crippen LogP contribution in [0, 0.1) is 12.3 Å². The molecule has 108 valence electrons. The molecule has 21 heavy (non-hydrogen) atoms. The first-order valence-electron chi connectivity index (χ1n) is 6.48. The topological polar surface area (TPSA) is 42.1 Å². The van der Waals surface area contributed by atoms with Gasteiger partial charge in [0.2, 0.25) is 0 Å².